The summed E-state index contributed by atoms with van der Waals surface area (Å²) in [5.74, 6) is 0.680. The van der Waals surface area contributed by atoms with E-state index in [-0.39, 0.29) is 24.1 Å². The number of hydrogen-bond acceptors (Lipinski definition) is 6. The Labute approximate surface area is 194 Å². The Bertz CT molecular complexity index is 1060. The second-order valence-electron chi connectivity index (χ2n) is 7.59. The molecule has 1 fully saturated rings. The summed E-state index contributed by atoms with van der Waals surface area (Å²) in [6.45, 7) is 0.889. The normalized spacial score (nSPS) is 15.8. The number of benzene rings is 2. The van der Waals surface area contributed by atoms with E-state index in [9.17, 15) is 14.0 Å². The number of nitrogens with zero attached hydrogens (tertiary/aromatic N) is 3. The van der Waals surface area contributed by atoms with Crippen LogP contribution in [0.5, 0.6) is 0 Å². The van der Waals surface area contributed by atoms with E-state index in [4.69, 9.17) is 0 Å². The van der Waals surface area contributed by atoms with Gasteiger partial charge in [-0.05, 0) is 29.7 Å². The van der Waals surface area contributed by atoms with Crippen molar-refractivity contribution < 1.29 is 14.0 Å². The molecule has 0 aliphatic carbocycles. The van der Waals surface area contributed by atoms with Crippen molar-refractivity contribution in [1.29, 1.82) is 0 Å². The Morgan fingerprint density at radius 1 is 1.09 bits per heavy atom. The van der Waals surface area contributed by atoms with Crippen molar-refractivity contribution in [2.24, 2.45) is 5.92 Å². The van der Waals surface area contributed by atoms with Crippen molar-refractivity contribution in [3.63, 3.8) is 0 Å². The molecule has 0 saturated carbocycles. The summed E-state index contributed by atoms with van der Waals surface area (Å²) in [5, 5.41) is 12.3. The summed E-state index contributed by atoms with van der Waals surface area (Å²) in [6, 6.07) is 16.5. The Morgan fingerprint density at radius 2 is 1.88 bits per heavy atom. The van der Waals surface area contributed by atoms with Crippen LogP contribution in [-0.2, 0) is 27.5 Å². The smallest absolute Gasteiger partial charge is 0.231 e. The molecule has 166 valence electrons. The maximum absolute atomic E-state index is 13.0. The summed E-state index contributed by atoms with van der Waals surface area (Å²) in [5.41, 5.74) is 2.21. The first kappa shape index (κ1) is 22.4. The van der Waals surface area contributed by atoms with E-state index in [1.807, 2.05) is 18.2 Å². The minimum Gasteiger partial charge on any atom is -0.342 e. The second-order valence-corrected chi connectivity index (χ2v) is 9.63. The zero-order valence-corrected chi connectivity index (χ0v) is 19.0. The molecule has 4 rings (SSSR count). The molecule has 0 bridgehead atoms. The molecular formula is C23H23FN4O2S2. The van der Waals surface area contributed by atoms with Crippen LogP contribution in [0.1, 0.15) is 22.6 Å². The van der Waals surface area contributed by atoms with Gasteiger partial charge in [0, 0.05) is 31.0 Å². The van der Waals surface area contributed by atoms with Gasteiger partial charge in [-0.25, -0.2) is 4.39 Å². The molecule has 1 aliphatic rings. The van der Waals surface area contributed by atoms with Crippen LogP contribution in [0, 0.1) is 11.7 Å². The molecule has 0 spiro atoms. The third-order valence-corrected chi connectivity index (χ3v) is 7.24. The Balaban J connectivity index is 1.22. The van der Waals surface area contributed by atoms with Gasteiger partial charge in [-0.15, -0.1) is 22.0 Å². The third-order valence-electron chi connectivity index (χ3n) is 5.20. The number of carbonyl (C=O) groups is 2. The molecule has 1 unspecified atom stereocenters. The number of anilines is 1. The van der Waals surface area contributed by atoms with Gasteiger partial charge in [-0.1, -0.05) is 53.8 Å². The van der Waals surface area contributed by atoms with Crippen LogP contribution in [0.3, 0.4) is 0 Å². The molecule has 1 atom stereocenters. The summed E-state index contributed by atoms with van der Waals surface area (Å²) >= 11 is 3.11. The molecule has 32 heavy (non-hydrogen) atoms. The van der Waals surface area contributed by atoms with Crippen LogP contribution in [0.2, 0.25) is 0 Å². The molecule has 1 aliphatic heterocycles. The van der Waals surface area contributed by atoms with Gasteiger partial charge in [0.1, 0.15) is 10.8 Å². The molecule has 1 saturated heterocycles. The predicted molar refractivity (Wildman–Crippen MR) is 125 cm³/mol. The lowest BCUT2D eigenvalue weighted by Crippen LogP contribution is -2.30. The van der Waals surface area contributed by atoms with Crippen molar-refractivity contribution in [3.8, 4) is 0 Å². The van der Waals surface area contributed by atoms with Gasteiger partial charge in [0.2, 0.25) is 16.9 Å². The summed E-state index contributed by atoms with van der Waals surface area (Å²) < 4.78 is 13.0. The van der Waals surface area contributed by atoms with Crippen LogP contribution in [0.25, 0.3) is 0 Å². The van der Waals surface area contributed by atoms with Gasteiger partial charge in [0.05, 0.1) is 5.92 Å². The highest BCUT2D eigenvalue weighted by Gasteiger charge is 2.34. The van der Waals surface area contributed by atoms with E-state index in [0.29, 0.717) is 24.6 Å². The van der Waals surface area contributed by atoms with Crippen LogP contribution in [-0.4, -0.2) is 40.0 Å². The lowest BCUT2D eigenvalue weighted by Gasteiger charge is -2.16. The number of thioether (sulfide) groups is 1. The number of aromatic nitrogens is 2. The van der Waals surface area contributed by atoms with Crippen molar-refractivity contribution >= 4 is 40.0 Å². The first-order valence-corrected chi connectivity index (χ1v) is 12.3. The predicted octanol–water partition coefficient (Wildman–Crippen LogP) is 4.14. The molecule has 1 aromatic heterocycles. The quantitative estimate of drug-likeness (QED) is 0.509. The minimum atomic E-state index is -0.407. The van der Waals surface area contributed by atoms with Gasteiger partial charge < -0.3 is 10.2 Å². The number of halogens is 1. The zero-order valence-electron chi connectivity index (χ0n) is 17.4. The SMILES string of the molecule is O=C(Nc1nnc(CSCc2ccccc2)s1)C1CC(=O)N(CCc2ccc(F)cc2)C1. The van der Waals surface area contributed by atoms with Crippen molar-refractivity contribution in [1.82, 2.24) is 15.1 Å². The number of carbonyl (C=O) groups excluding carboxylic acids is 2. The number of nitrogens with one attached hydrogen (secondary N) is 1. The van der Waals surface area contributed by atoms with Gasteiger partial charge in [0.15, 0.2) is 0 Å². The largest absolute Gasteiger partial charge is 0.342 e. The third kappa shape index (κ3) is 6.14. The second kappa shape index (κ2) is 10.7. The van der Waals surface area contributed by atoms with Crippen molar-refractivity contribution in [3.05, 3.63) is 76.5 Å². The number of amides is 2. The maximum Gasteiger partial charge on any atom is 0.231 e. The van der Waals surface area contributed by atoms with E-state index in [2.05, 4.69) is 27.6 Å². The average Bonchev–Trinajstić information content (AvgIpc) is 3.40. The Morgan fingerprint density at radius 3 is 2.66 bits per heavy atom. The first-order valence-electron chi connectivity index (χ1n) is 10.3. The monoisotopic (exact) mass is 470 g/mol. The molecule has 2 aromatic carbocycles. The molecule has 0 radical (unpaired) electrons. The molecule has 2 heterocycles. The van der Waals surface area contributed by atoms with E-state index >= 15 is 0 Å². The highest BCUT2D eigenvalue weighted by Crippen LogP contribution is 2.25. The van der Waals surface area contributed by atoms with Crippen LogP contribution >= 0.6 is 23.1 Å². The lowest BCUT2D eigenvalue weighted by atomic mass is 10.1. The van der Waals surface area contributed by atoms with Gasteiger partial charge in [0.25, 0.3) is 0 Å². The molecule has 9 heteroatoms. The molecule has 6 nitrogen and oxygen atoms in total. The lowest BCUT2D eigenvalue weighted by molar-refractivity contribution is -0.128. The fraction of sp³-hybridized carbons (Fsp3) is 0.304. The zero-order chi connectivity index (χ0) is 22.3. The molecule has 1 N–H and O–H groups in total. The van der Waals surface area contributed by atoms with Crippen molar-refractivity contribution in [2.75, 3.05) is 18.4 Å². The number of rotatable bonds is 9. The highest BCUT2D eigenvalue weighted by atomic mass is 32.2. The van der Waals surface area contributed by atoms with Crippen LogP contribution in [0.4, 0.5) is 9.52 Å². The van der Waals surface area contributed by atoms with Gasteiger partial charge >= 0.3 is 0 Å². The number of likely N-dealkylation sites (tertiary alicyclic amines) is 1. The van der Waals surface area contributed by atoms with E-state index in [1.165, 1.54) is 29.0 Å². The summed E-state index contributed by atoms with van der Waals surface area (Å²) in [7, 11) is 0. The molecule has 3 aromatic rings. The summed E-state index contributed by atoms with van der Waals surface area (Å²) in [4.78, 5) is 26.6. The van der Waals surface area contributed by atoms with E-state index in [1.54, 1.807) is 28.8 Å². The fourth-order valence-corrected chi connectivity index (χ4v) is 5.27. The standard InChI is InChI=1S/C23H23FN4O2S2/c24-19-8-6-16(7-9-19)10-11-28-13-18(12-21(28)29)22(30)25-23-27-26-20(32-23)15-31-14-17-4-2-1-3-5-17/h1-9,18H,10-15H2,(H,25,27,30). The first-order chi connectivity index (χ1) is 15.6. The summed E-state index contributed by atoms with van der Waals surface area (Å²) in [6.07, 6.45) is 0.814. The average molecular weight is 471 g/mol. The van der Waals surface area contributed by atoms with Crippen LogP contribution in [0.15, 0.2) is 54.6 Å². The van der Waals surface area contributed by atoms with E-state index < -0.39 is 5.92 Å². The molecule has 2 amide bonds. The topological polar surface area (TPSA) is 75.2 Å². The number of hydrogen-bond donors (Lipinski definition) is 1. The van der Waals surface area contributed by atoms with Gasteiger partial charge in [-0.3, -0.25) is 9.59 Å². The Hall–Kier alpha value is -2.78. The Kier molecular flexibility index (Phi) is 7.49. The highest BCUT2D eigenvalue weighted by molar-refractivity contribution is 7.97. The van der Waals surface area contributed by atoms with E-state index in [0.717, 1.165) is 22.1 Å². The van der Waals surface area contributed by atoms with Gasteiger partial charge in [-0.2, -0.15) is 0 Å². The minimum absolute atomic E-state index is 0.0393. The van der Waals surface area contributed by atoms with Crippen molar-refractivity contribution in [2.45, 2.75) is 24.3 Å². The van der Waals surface area contributed by atoms with Crippen LogP contribution < -0.4 is 5.32 Å². The fourth-order valence-electron chi connectivity index (χ4n) is 3.48. The maximum atomic E-state index is 13.0. The molecular weight excluding hydrogens is 447 g/mol.